The molecule has 1 fully saturated rings. The highest BCUT2D eigenvalue weighted by Crippen LogP contribution is 2.27. The summed E-state index contributed by atoms with van der Waals surface area (Å²) >= 11 is 0. The van der Waals surface area contributed by atoms with Crippen molar-refractivity contribution in [2.75, 3.05) is 11.4 Å². The molecule has 1 atom stereocenters. The fourth-order valence-electron chi connectivity index (χ4n) is 3.55. The molecule has 0 radical (unpaired) electrons. The van der Waals surface area contributed by atoms with Crippen LogP contribution < -0.4 is 9.64 Å². The van der Waals surface area contributed by atoms with Crippen molar-refractivity contribution in [1.82, 2.24) is 0 Å². The molecule has 0 saturated carbocycles. The van der Waals surface area contributed by atoms with E-state index in [0.717, 1.165) is 23.2 Å². The zero-order valence-corrected chi connectivity index (χ0v) is 16.4. The lowest BCUT2D eigenvalue weighted by Crippen LogP contribution is -2.27. The number of hydrogen-bond donors (Lipinski definition) is 0. The van der Waals surface area contributed by atoms with Crippen LogP contribution >= 0.6 is 0 Å². The Morgan fingerprint density at radius 2 is 1.59 bits per heavy atom. The van der Waals surface area contributed by atoms with Crippen LogP contribution in [0.1, 0.15) is 23.1 Å². The van der Waals surface area contributed by atoms with Crippen molar-refractivity contribution in [2.45, 2.75) is 19.8 Å². The monoisotopic (exact) mass is 385 g/mol. The fourth-order valence-corrected chi connectivity index (χ4v) is 3.55. The first-order valence-electron chi connectivity index (χ1n) is 9.80. The maximum Gasteiger partial charge on any atom is 0.316 e. The molecular weight excluding hydrogens is 362 g/mol. The van der Waals surface area contributed by atoms with Gasteiger partial charge in [0.15, 0.2) is 0 Å². The van der Waals surface area contributed by atoms with Gasteiger partial charge >= 0.3 is 5.97 Å². The smallest absolute Gasteiger partial charge is 0.316 e. The number of rotatable bonds is 5. The summed E-state index contributed by atoms with van der Waals surface area (Å²) < 4.78 is 5.54. The van der Waals surface area contributed by atoms with Crippen molar-refractivity contribution >= 4 is 17.6 Å². The van der Waals surface area contributed by atoms with E-state index in [4.69, 9.17) is 4.74 Å². The van der Waals surface area contributed by atoms with E-state index in [1.54, 1.807) is 4.90 Å². The summed E-state index contributed by atoms with van der Waals surface area (Å²) in [6.07, 6.45) is 1.01. The molecule has 0 unspecified atom stereocenters. The summed E-state index contributed by atoms with van der Waals surface area (Å²) in [5, 5.41) is 0. The van der Waals surface area contributed by atoms with Gasteiger partial charge in [0.2, 0.25) is 5.91 Å². The van der Waals surface area contributed by atoms with Gasteiger partial charge in [0.05, 0.1) is 5.92 Å². The third-order valence-corrected chi connectivity index (χ3v) is 5.20. The van der Waals surface area contributed by atoms with E-state index < -0.39 is 5.92 Å². The first kappa shape index (κ1) is 18.9. The quantitative estimate of drug-likeness (QED) is 0.478. The molecule has 0 N–H and O–H groups in total. The Kier molecular flexibility index (Phi) is 5.43. The predicted molar refractivity (Wildman–Crippen MR) is 113 cm³/mol. The van der Waals surface area contributed by atoms with Crippen molar-refractivity contribution in [3.8, 4) is 5.75 Å². The van der Waals surface area contributed by atoms with Crippen LogP contribution in [0.25, 0.3) is 0 Å². The Bertz CT molecular complexity index is 995. The van der Waals surface area contributed by atoms with E-state index in [9.17, 15) is 9.59 Å². The molecule has 0 aliphatic carbocycles. The van der Waals surface area contributed by atoms with Crippen LogP contribution in [0, 0.1) is 12.8 Å². The number of benzene rings is 3. The van der Waals surface area contributed by atoms with Gasteiger partial charge < -0.3 is 9.64 Å². The lowest BCUT2D eigenvalue weighted by molar-refractivity contribution is -0.139. The topological polar surface area (TPSA) is 46.6 Å². The summed E-state index contributed by atoms with van der Waals surface area (Å²) in [5.74, 6) is -0.348. The van der Waals surface area contributed by atoms with Crippen molar-refractivity contribution in [1.29, 1.82) is 0 Å². The second kappa shape index (κ2) is 8.31. The maximum atomic E-state index is 12.6. The average molecular weight is 385 g/mol. The van der Waals surface area contributed by atoms with Gasteiger partial charge in [-0.05, 0) is 48.7 Å². The number of carbonyl (C=O) groups is 2. The van der Waals surface area contributed by atoms with Gasteiger partial charge in [0.1, 0.15) is 5.75 Å². The van der Waals surface area contributed by atoms with Gasteiger partial charge in [0.25, 0.3) is 0 Å². The van der Waals surface area contributed by atoms with Gasteiger partial charge in [-0.3, -0.25) is 9.59 Å². The van der Waals surface area contributed by atoms with Gasteiger partial charge in [-0.25, -0.2) is 0 Å². The van der Waals surface area contributed by atoms with Crippen molar-refractivity contribution < 1.29 is 14.3 Å². The van der Waals surface area contributed by atoms with Crippen LogP contribution in [0.5, 0.6) is 5.75 Å². The second-order valence-corrected chi connectivity index (χ2v) is 7.47. The van der Waals surface area contributed by atoms with Crippen LogP contribution in [0.2, 0.25) is 0 Å². The van der Waals surface area contributed by atoms with Crippen LogP contribution in [-0.4, -0.2) is 18.4 Å². The Morgan fingerprint density at radius 1 is 0.931 bits per heavy atom. The van der Waals surface area contributed by atoms with Crippen LogP contribution in [0.3, 0.4) is 0 Å². The van der Waals surface area contributed by atoms with Crippen molar-refractivity contribution in [3.63, 3.8) is 0 Å². The molecule has 4 rings (SSSR count). The van der Waals surface area contributed by atoms with E-state index in [1.807, 2.05) is 73.7 Å². The molecule has 0 aromatic heterocycles. The summed E-state index contributed by atoms with van der Waals surface area (Å²) in [5.41, 5.74) is 4.34. The zero-order chi connectivity index (χ0) is 20.2. The van der Waals surface area contributed by atoms with E-state index in [-0.39, 0.29) is 18.3 Å². The van der Waals surface area contributed by atoms with Crippen LogP contribution in [-0.2, 0) is 16.0 Å². The number of amides is 1. The molecule has 146 valence electrons. The molecular formula is C25H23NO3. The summed E-state index contributed by atoms with van der Waals surface area (Å²) in [6.45, 7) is 2.35. The minimum absolute atomic E-state index is 0.0472. The molecule has 4 heteroatoms. The molecule has 1 amide bonds. The van der Waals surface area contributed by atoms with E-state index in [1.165, 1.54) is 5.56 Å². The van der Waals surface area contributed by atoms with Gasteiger partial charge in [-0.15, -0.1) is 0 Å². The van der Waals surface area contributed by atoms with Crippen LogP contribution in [0.15, 0.2) is 78.9 Å². The molecule has 0 bridgehead atoms. The largest absolute Gasteiger partial charge is 0.426 e. The highest BCUT2D eigenvalue weighted by Gasteiger charge is 2.36. The molecule has 1 heterocycles. The highest BCUT2D eigenvalue weighted by molar-refractivity contribution is 5.99. The lowest BCUT2D eigenvalue weighted by Gasteiger charge is -2.16. The van der Waals surface area contributed by atoms with Gasteiger partial charge in [0, 0.05) is 18.7 Å². The Hall–Kier alpha value is -3.40. The summed E-state index contributed by atoms with van der Waals surface area (Å²) in [7, 11) is 0. The number of anilines is 1. The first-order chi connectivity index (χ1) is 14.1. The van der Waals surface area contributed by atoms with Crippen molar-refractivity contribution in [3.05, 3.63) is 95.6 Å². The van der Waals surface area contributed by atoms with Crippen LogP contribution in [0.4, 0.5) is 5.69 Å². The zero-order valence-electron chi connectivity index (χ0n) is 16.4. The third kappa shape index (κ3) is 4.54. The molecule has 1 aliphatic heterocycles. The molecule has 3 aromatic rings. The number of ether oxygens (including phenoxy) is 1. The number of aryl methyl sites for hydroxylation is 1. The minimum atomic E-state index is -0.451. The summed E-state index contributed by atoms with van der Waals surface area (Å²) in [4.78, 5) is 26.6. The van der Waals surface area contributed by atoms with E-state index in [2.05, 4.69) is 12.1 Å². The molecule has 1 saturated heterocycles. The third-order valence-electron chi connectivity index (χ3n) is 5.20. The first-order valence-corrected chi connectivity index (χ1v) is 9.80. The number of nitrogens with zero attached hydrogens (tertiary/aromatic N) is 1. The highest BCUT2D eigenvalue weighted by atomic mass is 16.5. The molecule has 1 aliphatic rings. The molecule has 29 heavy (non-hydrogen) atoms. The summed E-state index contributed by atoms with van der Waals surface area (Å²) in [6, 6.07) is 25.5. The Labute approximate surface area is 170 Å². The maximum absolute atomic E-state index is 12.6. The van der Waals surface area contributed by atoms with Gasteiger partial charge in [-0.1, -0.05) is 60.2 Å². The van der Waals surface area contributed by atoms with Gasteiger partial charge in [-0.2, -0.15) is 0 Å². The fraction of sp³-hybridized carbons (Fsp3) is 0.200. The lowest BCUT2D eigenvalue weighted by atomic mass is 10.1. The average Bonchev–Trinajstić information content (AvgIpc) is 3.13. The predicted octanol–water partition coefficient (Wildman–Crippen LogP) is 4.54. The Balaban J connectivity index is 1.37. The number of esters is 1. The second-order valence-electron chi connectivity index (χ2n) is 7.47. The normalized spacial score (nSPS) is 16.1. The molecule has 0 spiro atoms. The standard InChI is InChI=1S/C25H23NO3/c1-18-7-11-22(12-8-18)26-17-21(16-24(26)27)25(28)29-23-13-9-20(10-14-23)15-19-5-3-2-4-6-19/h2-14,21H,15-17H2,1H3/t21-/m1/s1. The van der Waals surface area contributed by atoms with E-state index >= 15 is 0 Å². The van der Waals surface area contributed by atoms with E-state index in [0.29, 0.717) is 12.3 Å². The number of hydrogen-bond acceptors (Lipinski definition) is 3. The number of carbonyl (C=O) groups excluding carboxylic acids is 2. The Morgan fingerprint density at radius 3 is 2.28 bits per heavy atom. The molecule has 4 nitrogen and oxygen atoms in total. The minimum Gasteiger partial charge on any atom is -0.426 e. The SMILES string of the molecule is Cc1ccc(N2C[C@H](C(=O)Oc3ccc(Cc4ccccc4)cc3)CC2=O)cc1. The van der Waals surface area contributed by atoms with Crippen molar-refractivity contribution in [2.24, 2.45) is 5.92 Å². The molecule has 3 aromatic carbocycles.